The molecule has 12 heteroatoms. The quantitative estimate of drug-likeness (QED) is 0.0991. The highest BCUT2D eigenvalue weighted by molar-refractivity contribution is 6.28. The third-order valence-electron chi connectivity index (χ3n) is 6.49. The molecular weight excluding hydrogens is 552 g/mol. The SMILES string of the molecule is [C-]#[N+]/C(C#N)=C1/C(=C\C=C\C=C\C=C\C2=C(C(C#N)[N+]#[C-])c3c(cccc3[N+](=O)[O-])C2=O)C(=O)c2cccc([N+](=O)[O-])c21. The van der Waals surface area contributed by atoms with Crippen LogP contribution in [0.1, 0.15) is 31.8 Å². The topological polar surface area (TPSA) is 177 Å². The Balaban J connectivity index is 1.67. The molecule has 2 aliphatic rings. The van der Waals surface area contributed by atoms with Crippen molar-refractivity contribution in [3.8, 4) is 12.1 Å². The second-order valence-corrected chi connectivity index (χ2v) is 8.72. The number of carbonyl (C=O) groups is 2. The average molecular weight is 566 g/mol. The average Bonchev–Trinajstić information content (AvgIpc) is 3.44. The minimum Gasteiger partial charge on any atom is -0.292 e. The van der Waals surface area contributed by atoms with Crippen LogP contribution in [0.25, 0.3) is 20.8 Å². The Morgan fingerprint density at radius 3 is 2.00 bits per heavy atom. The summed E-state index contributed by atoms with van der Waals surface area (Å²) in [5.41, 5.74) is -1.67. The van der Waals surface area contributed by atoms with Crippen molar-refractivity contribution < 1.29 is 19.4 Å². The third kappa shape index (κ3) is 5.03. The fourth-order valence-electron chi connectivity index (χ4n) is 4.75. The van der Waals surface area contributed by atoms with Gasteiger partial charge in [0.25, 0.3) is 17.1 Å². The van der Waals surface area contributed by atoms with Crippen LogP contribution in [0.2, 0.25) is 0 Å². The van der Waals surface area contributed by atoms with Crippen LogP contribution in [0.5, 0.6) is 0 Å². The van der Waals surface area contributed by atoms with Crippen LogP contribution in [0.15, 0.2) is 95.8 Å². The predicted molar refractivity (Wildman–Crippen MR) is 152 cm³/mol. The van der Waals surface area contributed by atoms with Crippen molar-refractivity contribution in [1.29, 1.82) is 10.5 Å². The summed E-state index contributed by atoms with van der Waals surface area (Å²) in [5.74, 6) is -1.15. The van der Waals surface area contributed by atoms with Gasteiger partial charge in [0.15, 0.2) is 17.6 Å². The zero-order valence-corrected chi connectivity index (χ0v) is 21.7. The molecule has 1 atom stereocenters. The molecule has 2 aromatic carbocycles. The molecule has 0 radical (unpaired) electrons. The van der Waals surface area contributed by atoms with Crippen LogP contribution in [0.3, 0.4) is 0 Å². The molecule has 43 heavy (non-hydrogen) atoms. The van der Waals surface area contributed by atoms with E-state index in [0.29, 0.717) is 0 Å². The molecule has 2 aromatic rings. The Morgan fingerprint density at radius 2 is 1.44 bits per heavy atom. The summed E-state index contributed by atoms with van der Waals surface area (Å²) in [4.78, 5) is 54.2. The van der Waals surface area contributed by atoms with E-state index in [9.17, 15) is 40.3 Å². The van der Waals surface area contributed by atoms with E-state index in [4.69, 9.17) is 13.1 Å². The molecule has 4 rings (SSSR count). The second-order valence-electron chi connectivity index (χ2n) is 8.72. The zero-order chi connectivity index (χ0) is 31.3. The molecule has 0 saturated heterocycles. The molecule has 0 saturated carbocycles. The number of nitro groups is 2. The maximum absolute atomic E-state index is 13.0. The molecule has 2 aliphatic carbocycles. The van der Waals surface area contributed by atoms with Crippen molar-refractivity contribution in [3.63, 3.8) is 0 Å². The van der Waals surface area contributed by atoms with Crippen LogP contribution < -0.4 is 0 Å². The molecule has 0 amide bonds. The van der Waals surface area contributed by atoms with Crippen molar-refractivity contribution in [2.75, 3.05) is 0 Å². The molecule has 0 aliphatic heterocycles. The molecule has 0 spiro atoms. The zero-order valence-electron chi connectivity index (χ0n) is 21.7. The van der Waals surface area contributed by atoms with Crippen molar-refractivity contribution >= 4 is 34.1 Å². The Morgan fingerprint density at radius 1 is 0.860 bits per heavy atom. The number of allylic oxidation sites excluding steroid dienone is 11. The predicted octanol–water partition coefficient (Wildman–Crippen LogP) is 5.91. The van der Waals surface area contributed by atoms with Gasteiger partial charge in [0.2, 0.25) is 0 Å². The van der Waals surface area contributed by atoms with Crippen molar-refractivity contribution in [2.45, 2.75) is 6.04 Å². The van der Waals surface area contributed by atoms with Gasteiger partial charge in [-0.15, -0.1) is 0 Å². The Hall–Kier alpha value is -7.02. The van der Waals surface area contributed by atoms with Crippen molar-refractivity contribution in [3.05, 3.63) is 161 Å². The van der Waals surface area contributed by atoms with Gasteiger partial charge in [-0.1, -0.05) is 54.7 Å². The van der Waals surface area contributed by atoms with E-state index in [0.717, 1.165) is 0 Å². The molecular formula is C31H14N6O6. The smallest absolute Gasteiger partial charge is 0.292 e. The first-order valence-corrected chi connectivity index (χ1v) is 12.1. The lowest BCUT2D eigenvalue weighted by molar-refractivity contribution is -0.385. The first-order valence-electron chi connectivity index (χ1n) is 12.1. The highest BCUT2D eigenvalue weighted by Gasteiger charge is 2.41. The van der Waals surface area contributed by atoms with Crippen LogP contribution >= 0.6 is 0 Å². The molecule has 0 aromatic heterocycles. The first kappa shape index (κ1) is 29.0. The first-order chi connectivity index (χ1) is 20.7. The lowest BCUT2D eigenvalue weighted by atomic mass is 9.97. The number of Topliss-reactive ketones (excluding diaryl/α,β-unsaturated/α-hetero) is 2. The van der Waals surface area contributed by atoms with E-state index in [-0.39, 0.29) is 50.2 Å². The molecule has 0 heterocycles. The summed E-state index contributed by atoms with van der Waals surface area (Å²) in [6.07, 6.45) is 9.97. The number of carbonyl (C=O) groups excluding carboxylic acids is 2. The number of benzene rings is 2. The van der Waals surface area contributed by atoms with Gasteiger partial charge in [0.1, 0.15) is 0 Å². The van der Waals surface area contributed by atoms with Gasteiger partial charge in [-0.25, -0.2) is 16.7 Å². The fourth-order valence-corrected chi connectivity index (χ4v) is 4.75. The van der Waals surface area contributed by atoms with E-state index in [1.165, 1.54) is 78.9 Å². The standard InChI is InChI=1S/C31H14N6O6/c1-34-22(16-32)26-18(30(38)20-12-8-14-24(28(20)26)36(40)41)10-6-4-3-5-7-11-19-27(23(17-33)35-2)29-21(31(19)39)13-9-15-25(29)37(42)43/h3-15,22H/b4-3+,7-5+,10-6+,19-11+,27-23-. The van der Waals surface area contributed by atoms with Crippen molar-refractivity contribution in [1.82, 2.24) is 0 Å². The van der Waals surface area contributed by atoms with Crippen LogP contribution in [0, 0.1) is 56.0 Å². The number of rotatable bonds is 7. The summed E-state index contributed by atoms with van der Waals surface area (Å²) in [6, 6.07) is 9.86. The lowest BCUT2D eigenvalue weighted by Crippen LogP contribution is -2.05. The molecule has 204 valence electrons. The number of nitriles is 2. The number of fused-ring (bicyclic) bond motifs is 2. The van der Waals surface area contributed by atoms with Gasteiger partial charge in [-0.2, -0.15) is 5.26 Å². The highest BCUT2D eigenvalue weighted by Crippen LogP contribution is 2.44. The van der Waals surface area contributed by atoms with E-state index in [1.807, 2.05) is 0 Å². The molecule has 0 N–H and O–H groups in total. The Kier molecular flexibility index (Phi) is 8.10. The monoisotopic (exact) mass is 566 g/mol. The molecule has 0 bridgehead atoms. The summed E-state index contributed by atoms with van der Waals surface area (Å²) < 4.78 is 0. The molecule has 12 nitrogen and oxygen atoms in total. The van der Waals surface area contributed by atoms with Crippen molar-refractivity contribution in [2.24, 2.45) is 0 Å². The van der Waals surface area contributed by atoms with E-state index in [2.05, 4.69) is 9.69 Å². The number of nitrogens with zero attached hydrogens (tertiary/aromatic N) is 6. The van der Waals surface area contributed by atoms with Crippen LogP contribution in [-0.4, -0.2) is 27.5 Å². The van der Waals surface area contributed by atoms with Gasteiger partial charge < -0.3 is 0 Å². The lowest BCUT2D eigenvalue weighted by Gasteiger charge is -2.04. The largest absolute Gasteiger partial charge is 0.333 e. The van der Waals surface area contributed by atoms with Crippen LogP contribution in [-0.2, 0) is 0 Å². The van der Waals surface area contributed by atoms with E-state index in [1.54, 1.807) is 12.1 Å². The summed E-state index contributed by atoms with van der Waals surface area (Å²) in [6.45, 7) is 14.7. The maximum atomic E-state index is 13.0. The number of hydrogen-bond acceptors (Lipinski definition) is 8. The minimum absolute atomic E-state index is 0.000329. The number of nitro benzene ring substituents is 2. The van der Waals surface area contributed by atoms with Gasteiger partial charge in [0, 0.05) is 40.0 Å². The Labute approximate surface area is 243 Å². The summed E-state index contributed by atoms with van der Waals surface area (Å²) in [5, 5.41) is 42.1. The number of hydrogen-bond donors (Lipinski definition) is 0. The number of ketones is 2. The van der Waals surface area contributed by atoms with Gasteiger partial charge in [-0.05, 0) is 12.1 Å². The normalized spacial score (nSPS) is 16.6. The molecule has 1 unspecified atom stereocenters. The highest BCUT2D eigenvalue weighted by atomic mass is 16.6. The van der Waals surface area contributed by atoms with E-state index >= 15 is 0 Å². The van der Waals surface area contributed by atoms with E-state index < -0.39 is 38.8 Å². The summed E-state index contributed by atoms with van der Waals surface area (Å²) >= 11 is 0. The van der Waals surface area contributed by atoms with Gasteiger partial charge in [-0.3, -0.25) is 34.7 Å². The Bertz CT molecular complexity index is 1990. The van der Waals surface area contributed by atoms with Gasteiger partial charge in [0.05, 0.1) is 39.2 Å². The third-order valence-corrected chi connectivity index (χ3v) is 6.49. The minimum atomic E-state index is -1.44. The van der Waals surface area contributed by atoms with Gasteiger partial charge >= 0.3 is 6.04 Å². The maximum Gasteiger partial charge on any atom is 0.333 e. The molecule has 0 fully saturated rings. The summed E-state index contributed by atoms with van der Waals surface area (Å²) in [7, 11) is 0. The second kappa shape index (κ2) is 12.0. The fraction of sp³-hybridized carbons (Fsp3) is 0.0323. The van der Waals surface area contributed by atoms with Crippen LogP contribution in [0.4, 0.5) is 11.4 Å².